The fraction of sp³-hybridized carbons (Fsp3) is 0.538. The van der Waals surface area contributed by atoms with Gasteiger partial charge in [-0.25, -0.2) is 12.8 Å². The van der Waals surface area contributed by atoms with Gasteiger partial charge in [0.2, 0.25) is 0 Å². The summed E-state index contributed by atoms with van der Waals surface area (Å²) in [6.45, 7) is 0.447. The zero-order valence-electron chi connectivity index (χ0n) is 11.2. The van der Waals surface area contributed by atoms with Crippen LogP contribution in [0.5, 0.6) is 0 Å². The normalized spacial score (nSPS) is 22.2. The van der Waals surface area contributed by atoms with E-state index in [0.717, 1.165) is 6.07 Å². The molecular formula is C13H18FNO4S. The average molecular weight is 303 g/mol. The molecule has 1 aromatic carbocycles. The highest BCUT2D eigenvalue weighted by atomic mass is 32.2. The Morgan fingerprint density at radius 1 is 1.55 bits per heavy atom. The Balaban J connectivity index is 2.19. The molecule has 2 atom stereocenters. The maximum atomic E-state index is 13.3. The fourth-order valence-electron chi connectivity index (χ4n) is 2.35. The van der Waals surface area contributed by atoms with Gasteiger partial charge in [-0.05, 0) is 30.2 Å². The lowest BCUT2D eigenvalue weighted by Crippen LogP contribution is -2.36. The highest BCUT2D eigenvalue weighted by molar-refractivity contribution is 7.91. The van der Waals surface area contributed by atoms with E-state index in [2.05, 4.69) is 5.32 Å². The Bertz CT molecular complexity index is 576. The van der Waals surface area contributed by atoms with E-state index in [1.807, 2.05) is 0 Å². The lowest BCUT2D eigenvalue weighted by molar-refractivity contribution is 0.0625. The maximum absolute atomic E-state index is 13.3. The van der Waals surface area contributed by atoms with Crippen LogP contribution in [0.1, 0.15) is 18.0 Å². The largest absolute Gasteiger partial charge is 0.389 e. The second-order valence-corrected chi connectivity index (χ2v) is 6.94. The molecule has 2 N–H and O–H groups in total. The van der Waals surface area contributed by atoms with Gasteiger partial charge in [-0.2, -0.15) is 0 Å². The number of ether oxygens (including phenoxy) is 1. The molecule has 20 heavy (non-hydrogen) atoms. The number of hydrogen-bond acceptors (Lipinski definition) is 5. The van der Waals surface area contributed by atoms with E-state index < -0.39 is 21.8 Å². The monoisotopic (exact) mass is 303 g/mol. The second kappa shape index (κ2) is 6.17. The summed E-state index contributed by atoms with van der Waals surface area (Å²) < 4.78 is 42.1. The number of hydrogen-bond donors (Lipinski definition) is 2. The molecule has 0 bridgehead atoms. The van der Waals surface area contributed by atoms with Crippen LogP contribution in [0.25, 0.3) is 0 Å². The van der Waals surface area contributed by atoms with Crippen molar-refractivity contribution in [2.45, 2.75) is 23.5 Å². The minimum Gasteiger partial charge on any atom is -0.389 e. The summed E-state index contributed by atoms with van der Waals surface area (Å²) in [4.78, 5) is 0.170. The van der Waals surface area contributed by atoms with Crippen LogP contribution in [0.4, 0.5) is 4.39 Å². The Kier molecular flexibility index (Phi) is 4.74. The molecule has 112 valence electrons. The summed E-state index contributed by atoms with van der Waals surface area (Å²) in [5, 5.41) is 12.7. The summed E-state index contributed by atoms with van der Waals surface area (Å²) in [5.74, 6) is -0.450. The number of methoxy groups -OCH3 is 1. The van der Waals surface area contributed by atoms with E-state index >= 15 is 0 Å². The molecule has 1 aromatic rings. The molecule has 2 rings (SSSR count). The first-order valence-corrected chi connectivity index (χ1v) is 8.02. The fourth-order valence-corrected chi connectivity index (χ4v) is 3.96. The number of rotatable bonds is 5. The Morgan fingerprint density at radius 3 is 3.00 bits per heavy atom. The smallest absolute Gasteiger partial charge is 0.178 e. The highest BCUT2D eigenvalue weighted by Gasteiger charge is 2.30. The van der Waals surface area contributed by atoms with Gasteiger partial charge in [-0.3, -0.25) is 0 Å². The predicted octanol–water partition coefficient (Wildman–Crippen LogP) is 0.641. The molecule has 0 spiro atoms. The zero-order valence-corrected chi connectivity index (χ0v) is 12.0. The van der Waals surface area contributed by atoms with E-state index in [4.69, 9.17) is 4.74 Å². The van der Waals surface area contributed by atoms with Gasteiger partial charge in [0.25, 0.3) is 0 Å². The quantitative estimate of drug-likeness (QED) is 0.781. The number of aliphatic hydroxyl groups is 1. The van der Waals surface area contributed by atoms with Crippen LogP contribution in [0.2, 0.25) is 0 Å². The van der Waals surface area contributed by atoms with E-state index in [1.54, 1.807) is 0 Å². The van der Waals surface area contributed by atoms with Crippen LogP contribution >= 0.6 is 0 Å². The molecule has 0 amide bonds. The van der Waals surface area contributed by atoms with Crippen molar-refractivity contribution in [3.63, 3.8) is 0 Å². The highest BCUT2D eigenvalue weighted by Crippen LogP contribution is 2.32. The third kappa shape index (κ3) is 3.35. The molecule has 1 heterocycles. The van der Waals surface area contributed by atoms with Crippen molar-refractivity contribution in [3.8, 4) is 0 Å². The first kappa shape index (κ1) is 15.4. The lowest BCUT2D eigenvalue weighted by Gasteiger charge is -2.27. The van der Waals surface area contributed by atoms with Gasteiger partial charge < -0.3 is 15.2 Å². The lowest BCUT2D eigenvalue weighted by atomic mass is 10.0. The molecule has 0 saturated heterocycles. The van der Waals surface area contributed by atoms with E-state index in [1.165, 1.54) is 19.2 Å². The molecular weight excluding hydrogens is 285 g/mol. The Labute approximate surface area is 117 Å². The van der Waals surface area contributed by atoms with Crippen LogP contribution in [0, 0.1) is 5.82 Å². The third-order valence-electron chi connectivity index (χ3n) is 3.32. The van der Waals surface area contributed by atoms with Crippen molar-refractivity contribution >= 4 is 9.84 Å². The maximum Gasteiger partial charge on any atom is 0.178 e. The molecule has 0 saturated carbocycles. The van der Waals surface area contributed by atoms with Crippen LogP contribution in [0.3, 0.4) is 0 Å². The van der Waals surface area contributed by atoms with Crippen molar-refractivity contribution in [1.29, 1.82) is 0 Å². The molecule has 1 aliphatic heterocycles. The van der Waals surface area contributed by atoms with Gasteiger partial charge in [-0.1, -0.05) is 0 Å². The minimum atomic E-state index is -3.33. The molecule has 0 aromatic heterocycles. The molecule has 0 aliphatic carbocycles. The van der Waals surface area contributed by atoms with Gasteiger partial charge in [0, 0.05) is 19.7 Å². The molecule has 2 unspecified atom stereocenters. The van der Waals surface area contributed by atoms with Crippen LogP contribution in [-0.4, -0.2) is 45.6 Å². The molecule has 0 fully saturated rings. The Hall–Kier alpha value is -1.02. The van der Waals surface area contributed by atoms with Gasteiger partial charge in [0.05, 0.1) is 23.4 Å². The number of nitrogens with one attached hydrogen (secondary N) is 1. The van der Waals surface area contributed by atoms with Crippen molar-refractivity contribution in [2.75, 3.05) is 26.0 Å². The van der Waals surface area contributed by atoms with E-state index in [-0.39, 0.29) is 29.8 Å². The zero-order chi connectivity index (χ0) is 14.8. The van der Waals surface area contributed by atoms with E-state index in [9.17, 15) is 17.9 Å². The van der Waals surface area contributed by atoms with Crippen molar-refractivity contribution in [3.05, 3.63) is 29.6 Å². The van der Waals surface area contributed by atoms with Crippen molar-refractivity contribution in [1.82, 2.24) is 5.32 Å². The standard InChI is InChI=1S/C13H18FNO4S/c1-19-8-10(16)7-15-12-4-5-20(17,18)13-3-2-9(14)6-11(12)13/h2-3,6,10,12,15-16H,4-5,7-8H2,1H3. The van der Waals surface area contributed by atoms with Crippen LogP contribution < -0.4 is 5.32 Å². The third-order valence-corrected chi connectivity index (χ3v) is 5.13. The van der Waals surface area contributed by atoms with Gasteiger partial charge in [0.1, 0.15) is 5.82 Å². The molecule has 7 heteroatoms. The summed E-state index contributed by atoms with van der Waals surface area (Å²) in [6, 6.07) is 3.42. The van der Waals surface area contributed by atoms with Crippen molar-refractivity contribution < 1.29 is 22.7 Å². The van der Waals surface area contributed by atoms with Crippen LogP contribution in [-0.2, 0) is 14.6 Å². The summed E-state index contributed by atoms with van der Waals surface area (Å²) in [6.07, 6.45) is -0.325. The first-order chi connectivity index (χ1) is 9.44. The summed E-state index contributed by atoms with van der Waals surface area (Å²) >= 11 is 0. The number of benzene rings is 1. The number of aliphatic hydroxyl groups excluding tert-OH is 1. The molecule has 0 radical (unpaired) electrons. The number of sulfone groups is 1. The topological polar surface area (TPSA) is 75.6 Å². The first-order valence-electron chi connectivity index (χ1n) is 6.36. The summed E-state index contributed by atoms with van der Waals surface area (Å²) in [7, 11) is -1.85. The molecule has 1 aliphatic rings. The Morgan fingerprint density at radius 2 is 2.30 bits per heavy atom. The SMILES string of the molecule is COCC(O)CNC1CCS(=O)(=O)c2ccc(F)cc21. The van der Waals surface area contributed by atoms with Crippen molar-refractivity contribution in [2.24, 2.45) is 0 Å². The van der Waals surface area contributed by atoms with Gasteiger partial charge in [0.15, 0.2) is 9.84 Å². The van der Waals surface area contributed by atoms with Gasteiger partial charge >= 0.3 is 0 Å². The molecule has 5 nitrogen and oxygen atoms in total. The van der Waals surface area contributed by atoms with Gasteiger partial charge in [-0.15, -0.1) is 0 Å². The van der Waals surface area contributed by atoms with Crippen LogP contribution in [0.15, 0.2) is 23.1 Å². The number of halogens is 1. The number of fused-ring (bicyclic) bond motifs is 1. The predicted molar refractivity (Wildman–Crippen MR) is 71.7 cm³/mol. The second-order valence-electron chi connectivity index (χ2n) is 4.86. The minimum absolute atomic E-state index is 0.0175. The average Bonchev–Trinajstić information content (AvgIpc) is 2.38. The summed E-state index contributed by atoms with van der Waals surface area (Å²) in [5.41, 5.74) is 0.431. The van der Waals surface area contributed by atoms with E-state index in [0.29, 0.717) is 12.0 Å².